The van der Waals surface area contributed by atoms with E-state index in [-0.39, 0.29) is 18.5 Å². The minimum Gasteiger partial charge on any atom is -0.366 e. The Labute approximate surface area is 241 Å². The van der Waals surface area contributed by atoms with Crippen molar-refractivity contribution in [3.63, 3.8) is 0 Å². The van der Waals surface area contributed by atoms with E-state index in [1.165, 1.54) is 4.74 Å². The molecule has 0 radical (unpaired) electrons. The van der Waals surface area contributed by atoms with Gasteiger partial charge in [0.2, 0.25) is 17.7 Å². The van der Waals surface area contributed by atoms with Gasteiger partial charge >= 0.3 is 5.76 Å². The van der Waals surface area contributed by atoms with Gasteiger partial charge in [-0.15, -0.1) is 0 Å². The second kappa shape index (κ2) is 10.3. The van der Waals surface area contributed by atoms with Crippen LogP contribution in [0.3, 0.4) is 0 Å². The standard InChI is InChI=1S/C30H31N7O5/c1-36-28(35-29(41)42-36)30(8-9-34-15-25(38)37-21(14-31)12-20-13-24(20)37)22-6-4-18(26(32)39)10-16(22)2-3-17-11-19(27(33)40)5-7-23(17)30/h4-7,10-11,20-21,24,34H,2-3,8-9,12-13,15H2,1H3,(H2,32,39)(H2,33,40)/t20-,21?,24+/m1/s1. The molecule has 1 aliphatic heterocycles. The summed E-state index contributed by atoms with van der Waals surface area (Å²) in [7, 11) is 1.60. The average Bonchev–Trinajstić information content (AvgIpc) is 3.54. The van der Waals surface area contributed by atoms with Crippen molar-refractivity contribution >= 4 is 17.7 Å². The zero-order valence-corrected chi connectivity index (χ0v) is 23.1. The number of nitrogens with one attached hydrogen (secondary N) is 1. The van der Waals surface area contributed by atoms with Gasteiger partial charge in [0.05, 0.1) is 18.0 Å². The number of carbonyl (C=O) groups excluding carboxylic acids is 3. The first-order chi connectivity index (χ1) is 20.1. The van der Waals surface area contributed by atoms with Gasteiger partial charge in [0.15, 0.2) is 5.82 Å². The SMILES string of the molecule is Cn1oc(=O)nc1C1(CCNCC(=O)N2C(C#N)C[C@@H]3C[C@@H]32)c2ccc(C(N)=O)cc2CCc2cc(C(N)=O)ccc21. The summed E-state index contributed by atoms with van der Waals surface area (Å²) in [5.41, 5.74) is 14.1. The molecule has 3 aliphatic rings. The Balaban J connectivity index is 1.42. The van der Waals surface area contributed by atoms with Gasteiger partial charge in [-0.25, -0.2) is 4.79 Å². The maximum absolute atomic E-state index is 13.1. The molecule has 3 atom stereocenters. The number of piperidine rings is 1. The molecule has 2 aliphatic carbocycles. The predicted molar refractivity (Wildman–Crippen MR) is 149 cm³/mol. The van der Waals surface area contributed by atoms with E-state index in [0.717, 1.165) is 35.1 Å². The van der Waals surface area contributed by atoms with Crippen molar-refractivity contribution in [2.45, 2.75) is 49.6 Å². The van der Waals surface area contributed by atoms with Crippen molar-refractivity contribution in [1.29, 1.82) is 5.26 Å². The van der Waals surface area contributed by atoms with Crippen molar-refractivity contribution in [2.75, 3.05) is 13.1 Å². The fraction of sp³-hybridized carbons (Fsp3) is 0.400. The molecule has 2 heterocycles. The first-order valence-corrected chi connectivity index (χ1v) is 14.0. The highest BCUT2D eigenvalue weighted by Crippen LogP contribution is 2.48. The maximum Gasteiger partial charge on any atom is 0.459 e. The Morgan fingerprint density at radius 1 is 1.07 bits per heavy atom. The molecule has 3 amide bonds. The molecule has 1 saturated carbocycles. The predicted octanol–water partition coefficient (Wildman–Crippen LogP) is 0.497. The summed E-state index contributed by atoms with van der Waals surface area (Å²) in [5, 5.41) is 12.8. The summed E-state index contributed by atoms with van der Waals surface area (Å²) in [6, 6.07) is 12.5. The zero-order chi connectivity index (χ0) is 29.8. The minimum atomic E-state index is -1.06. The number of hydrogen-bond donors (Lipinski definition) is 3. The Morgan fingerprint density at radius 2 is 1.69 bits per heavy atom. The molecule has 5 N–H and O–H groups in total. The van der Waals surface area contributed by atoms with E-state index >= 15 is 0 Å². The van der Waals surface area contributed by atoms with Crippen LogP contribution in [0.4, 0.5) is 0 Å². The molecule has 0 bridgehead atoms. The van der Waals surface area contributed by atoms with Crippen molar-refractivity contribution in [3.05, 3.63) is 86.2 Å². The van der Waals surface area contributed by atoms with Gasteiger partial charge in [-0.05, 0) is 91.1 Å². The van der Waals surface area contributed by atoms with Crippen molar-refractivity contribution in [1.82, 2.24) is 19.9 Å². The lowest BCUT2D eigenvalue weighted by Gasteiger charge is -2.35. The van der Waals surface area contributed by atoms with Crippen LogP contribution in [0.2, 0.25) is 0 Å². The maximum atomic E-state index is 13.1. The molecule has 2 aromatic carbocycles. The average molecular weight is 570 g/mol. The van der Waals surface area contributed by atoms with Gasteiger partial charge in [-0.3, -0.25) is 14.4 Å². The van der Waals surface area contributed by atoms with Gasteiger partial charge in [-0.1, -0.05) is 12.1 Å². The molecule has 0 spiro atoms. The van der Waals surface area contributed by atoms with Crippen LogP contribution in [-0.2, 0) is 30.1 Å². The molecule has 6 rings (SSSR count). The topological polar surface area (TPSA) is 190 Å². The van der Waals surface area contributed by atoms with Crippen LogP contribution in [0.5, 0.6) is 0 Å². The molecule has 2 fully saturated rings. The second-order valence-electron chi connectivity index (χ2n) is 11.3. The molecule has 1 aromatic heterocycles. The molecule has 1 saturated heterocycles. The number of nitrogens with two attached hydrogens (primary N) is 2. The molecular formula is C30H31N7O5. The molecule has 42 heavy (non-hydrogen) atoms. The van der Waals surface area contributed by atoms with E-state index in [9.17, 15) is 24.4 Å². The van der Waals surface area contributed by atoms with Crippen LogP contribution in [-0.4, -0.2) is 57.5 Å². The zero-order valence-electron chi connectivity index (χ0n) is 23.1. The molecule has 12 nitrogen and oxygen atoms in total. The van der Waals surface area contributed by atoms with Crippen LogP contribution in [0.25, 0.3) is 0 Å². The molecule has 12 heteroatoms. The summed E-state index contributed by atoms with van der Waals surface area (Å²) in [6.07, 6.45) is 3.07. The van der Waals surface area contributed by atoms with E-state index in [2.05, 4.69) is 16.4 Å². The van der Waals surface area contributed by atoms with E-state index in [0.29, 0.717) is 48.7 Å². The number of amides is 3. The lowest BCUT2D eigenvalue weighted by molar-refractivity contribution is -0.131. The summed E-state index contributed by atoms with van der Waals surface area (Å²) in [5.74, 6) is -1.25. The van der Waals surface area contributed by atoms with Crippen LogP contribution in [0.15, 0.2) is 45.7 Å². The number of rotatable bonds is 8. The second-order valence-corrected chi connectivity index (χ2v) is 11.3. The molecule has 3 aromatic rings. The lowest BCUT2D eigenvalue weighted by atomic mass is 9.69. The summed E-state index contributed by atoms with van der Waals surface area (Å²) >= 11 is 0. The fourth-order valence-electron chi connectivity index (χ4n) is 6.97. The van der Waals surface area contributed by atoms with Gasteiger partial charge < -0.3 is 26.2 Å². The number of likely N-dealkylation sites (tertiary alicyclic amines) is 1. The first-order valence-electron chi connectivity index (χ1n) is 14.0. The van der Waals surface area contributed by atoms with Gasteiger partial charge in [-0.2, -0.15) is 15.0 Å². The summed E-state index contributed by atoms with van der Waals surface area (Å²) < 4.78 is 6.67. The number of benzene rings is 2. The number of aryl methyl sites for hydroxylation is 3. The number of carbonyl (C=O) groups is 3. The Kier molecular flexibility index (Phi) is 6.69. The monoisotopic (exact) mass is 569 g/mol. The van der Waals surface area contributed by atoms with Crippen molar-refractivity contribution in [2.24, 2.45) is 24.4 Å². The Hall–Kier alpha value is -4.76. The minimum absolute atomic E-state index is 0.0518. The number of fused-ring (bicyclic) bond motifs is 3. The number of nitrogens with zero attached hydrogens (tertiary/aromatic N) is 4. The Morgan fingerprint density at radius 3 is 2.21 bits per heavy atom. The highest BCUT2D eigenvalue weighted by atomic mass is 16.5. The van der Waals surface area contributed by atoms with Gasteiger partial charge in [0, 0.05) is 24.2 Å². The summed E-state index contributed by atoms with van der Waals surface area (Å²) in [6.45, 7) is 0.385. The smallest absolute Gasteiger partial charge is 0.366 e. The first kappa shape index (κ1) is 27.4. The van der Waals surface area contributed by atoms with Crippen LogP contribution in [0.1, 0.15) is 68.1 Å². The number of nitriles is 1. The van der Waals surface area contributed by atoms with Gasteiger partial charge in [0.25, 0.3) is 0 Å². The van der Waals surface area contributed by atoms with Crippen molar-refractivity contribution < 1.29 is 18.9 Å². The number of aromatic nitrogens is 2. The molecule has 1 unspecified atom stereocenters. The molecular weight excluding hydrogens is 538 g/mol. The van der Waals surface area contributed by atoms with Gasteiger partial charge in [0.1, 0.15) is 6.04 Å². The quantitative estimate of drug-likeness (QED) is 0.327. The Bertz CT molecular complexity index is 1650. The van der Waals surface area contributed by atoms with E-state index in [1.807, 2.05) is 12.1 Å². The van der Waals surface area contributed by atoms with E-state index in [4.69, 9.17) is 16.0 Å². The van der Waals surface area contributed by atoms with E-state index in [1.54, 1.807) is 36.2 Å². The largest absolute Gasteiger partial charge is 0.459 e. The third-order valence-electron chi connectivity index (χ3n) is 8.95. The lowest BCUT2D eigenvalue weighted by Crippen LogP contribution is -2.44. The third kappa shape index (κ3) is 4.46. The van der Waals surface area contributed by atoms with Crippen LogP contribution < -0.4 is 22.5 Å². The van der Waals surface area contributed by atoms with Crippen LogP contribution in [0, 0.1) is 17.2 Å². The normalized spacial score (nSPS) is 21.4. The highest BCUT2D eigenvalue weighted by Gasteiger charge is 2.54. The summed E-state index contributed by atoms with van der Waals surface area (Å²) in [4.78, 5) is 55.7. The molecule has 216 valence electrons. The fourth-order valence-corrected chi connectivity index (χ4v) is 6.97. The number of hydrogen-bond acceptors (Lipinski definition) is 8. The third-order valence-corrected chi connectivity index (χ3v) is 8.95. The van der Waals surface area contributed by atoms with Crippen molar-refractivity contribution in [3.8, 4) is 6.07 Å². The van der Waals surface area contributed by atoms with E-state index < -0.39 is 29.0 Å². The number of primary amides is 2. The highest BCUT2D eigenvalue weighted by molar-refractivity contribution is 5.94. The van der Waals surface area contributed by atoms with Crippen LogP contribution >= 0.6 is 0 Å².